The molecule has 1 fully saturated rings. The average molecular weight is 224 g/mol. The third-order valence-electron chi connectivity index (χ3n) is 2.90. The molecular formula is C12H17FN2O. The van der Waals surface area contributed by atoms with Gasteiger partial charge in [0.2, 0.25) is 0 Å². The maximum Gasteiger partial charge on any atom is 0.148 e. The number of nitrogen functional groups attached to an aromatic ring is 1. The normalized spacial score (nSPS) is 20.4. The molecule has 16 heavy (non-hydrogen) atoms. The van der Waals surface area contributed by atoms with Crippen molar-refractivity contribution < 1.29 is 9.13 Å². The highest BCUT2D eigenvalue weighted by Gasteiger charge is 2.23. The molecule has 0 saturated carbocycles. The fourth-order valence-corrected chi connectivity index (χ4v) is 2.05. The standard InChI is InChI=1S/C12H17FN2O/c1-2-16-10-5-6-15(8-10)9-3-4-12(14)11(13)7-9/h3-4,7,10H,2,5-6,8,14H2,1H3. The Bertz CT molecular complexity index is 370. The number of halogens is 1. The van der Waals surface area contributed by atoms with E-state index in [1.807, 2.05) is 13.0 Å². The lowest BCUT2D eigenvalue weighted by Gasteiger charge is -2.18. The fraction of sp³-hybridized carbons (Fsp3) is 0.500. The van der Waals surface area contributed by atoms with Gasteiger partial charge >= 0.3 is 0 Å². The van der Waals surface area contributed by atoms with Gasteiger partial charge in [0.05, 0.1) is 11.8 Å². The molecule has 1 aliphatic heterocycles. The van der Waals surface area contributed by atoms with Crippen LogP contribution in [0.2, 0.25) is 0 Å². The Labute approximate surface area is 95.0 Å². The summed E-state index contributed by atoms with van der Waals surface area (Å²) in [5.74, 6) is -0.350. The van der Waals surface area contributed by atoms with E-state index in [2.05, 4.69) is 4.90 Å². The molecule has 3 nitrogen and oxygen atoms in total. The molecule has 1 atom stereocenters. The van der Waals surface area contributed by atoms with Gasteiger partial charge in [-0.15, -0.1) is 0 Å². The number of benzene rings is 1. The molecule has 1 aliphatic rings. The molecule has 0 aliphatic carbocycles. The van der Waals surface area contributed by atoms with E-state index < -0.39 is 0 Å². The van der Waals surface area contributed by atoms with Crippen LogP contribution in [0.15, 0.2) is 18.2 Å². The number of nitrogens with zero attached hydrogens (tertiary/aromatic N) is 1. The molecule has 4 heteroatoms. The topological polar surface area (TPSA) is 38.5 Å². The summed E-state index contributed by atoms with van der Waals surface area (Å²) >= 11 is 0. The average Bonchev–Trinajstić information content (AvgIpc) is 2.71. The highest BCUT2D eigenvalue weighted by atomic mass is 19.1. The molecule has 0 spiro atoms. The summed E-state index contributed by atoms with van der Waals surface area (Å²) in [7, 11) is 0. The SMILES string of the molecule is CCOC1CCN(c2ccc(N)c(F)c2)C1. The molecular weight excluding hydrogens is 207 g/mol. The zero-order chi connectivity index (χ0) is 11.5. The Morgan fingerprint density at radius 1 is 1.56 bits per heavy atom. The van der Waals surface area contributed by atoms with Crippen molar-refractivity contribution in [1.82, 2.24) is 0 Å². The number of hydrogen-bond donors (Lipinski definition) is 1. The summed E-state index contributed by atoms with van der Waals surface area (Å²) in [5.41, 5.74) is 6.53. The molecule has 0 bridgehead atoms. The van der Waals surface area contributed by atoms with E-state index in [1.54, 1.807) is 6.07 Å². The van der Waals surface area contributed by atoms with Gasteiger partial charge in [0.15, 0.2) is 0 Å². The Morgan fingerprint density at radius 2 is 2.38 bits per heavy atom. The van der Waals surface area contributed by atoms with Gasteiger partial charge in [0, 0.05) is 25.4 Å². The van der Waals surface area contributed by atoms with Crippen LogP contribution < -0.4 is 10.6 Å². The first-order valence-corrected chi connectivity index (χ1v) is 5.62. The van der Waals surface area contributed by atoms with Crippen molar-refractivity contribution in [3.05, 3.63) is 24.0 Å². The molecule has 0 amide bonds. The number of hydrogen-bond acceptors (Lipinski definition) is 3. The molecule has 1 saturated heterocycles. The molecule has 0 radical (unpaired) electrons. The number of rotatable bonds is 3. The largest absolute Gasteiger partial charge is 0.396 e. The van der Waals surface area contributed by atoms with E-state index in [0.717, 1.165) is 31.8 Å². The lowest BCUT2D eigenvalue weighted by atomic mass is 10.2. The smallest absolute Gasteiger partial charge is 0.148 e. The lowest BCUT2D eigenvalue weighted by molar-refractivity contribution is 0.0787. The Hall–Kier alpha value is -1.29. The predicted molar refractivity (Wildman–Crippen MR) is 63.1 cm³/mol. The summed E-state index contributed by atoms with van der Waals surface area (Å²) in [6.45, 7) is 4.46. The van der Waals surface area contributed by atoms with Gasteiger partial charge in [-0.05, 0) is 31.5 Å². The fourth-order valence-electron chi connectivity index (χ4n) is 2.05. The van der Waals surface area contributed by atoms with Gasteiger partial charge < -0.3 is 15.4 Å². The van der Waals surface area contributed by atoms with Crippen LogP contribution in [0.1, 0.15) is 13.3 Å². The first-order chi connectivity index (χ1) is 7.70. The molecule has 1 heterocycles. The second-order valence-corrected chi connectivity index (χ2v) is 4.02. The second kappa shape index (κ2) is 4.70. The van der Waals surface area contributed by atoms with Crippen molar-refractivity contribution in [2.24, 2.45) is 0 Å². The number of ether oxygens (including phenoxy) is 1. The van der Waals surface area contributed by atoms with Crippen molar-refractivity contribution in [2.75, 3.05) is 30.3 Å². The summed E-state index contributed by atoms with van der Waals surface area (Å²) in [4.78, 5) is 2.13. The summed E-state index contributed by atoms with van der Waals surface area (Å²) in [6, 6.07) is 4.95. The van der Waals surface area contributed by atoms with Gasteiger partial charge in [-0.2, -0.15) is 0 Å². The Kier molecular flexibility index (Phi) is 3.29. The highest BCUT2D eigenvalue weighted by molar-refractivity contribution is 5.54. The minimum atomic E-state index is -0.350. The first kappa shape index (κ1) is 11.2. The van der Waals surface area contributed by atoms with Crippen molar-refractivity contribution in [1.29, 1.82) is 0 Å². The van der Waals surface area contributed by atoms with Crippen LogP contribution in [-0.4, -0.2) is 25.8 Å². The maximum atomic E-state index is 13.3. The minimum Gasteiger partial charge on any atom is -0.396 e. The monoisotopic (exact) mass is 224 g/mol. The number of anilines is 2. The quantitative estimate of drug-likeness (QED) is 0.798. The Morgan fingerprint density at radius 3 is 3.06 bits per heavy atom. The van der Waals surface area contributed by atoms with Crippen LogP contribution in [-0.2, 0) is 4.74 Å². The van der Waals surface area contributed by atoms with Gasteiger partial charge in [0.25, 0.3) is 0 Å². The third kappa shape index (κ3) is 2.27. The van der Waals surface area contributed by atoms with Crippen molar-refractivity contribution >= 4 is 11.4 Å². The van der Waals surface area contributed by atoms with Crippen LogP contribution in [0.3, 0.4) is 0 Å². The van der Waals surface area contributed by atoms with Gasteiger partial charge in [-0.1, -0.05) is 0 Å². The lowest BCUT2D eigenvalue weighted by Crippen LogP contribution is -2.22. The molecule has 1 aromatic rings. The third-order valence-corrected chi connectivity index (χ3v) is 2.90. The van der Waals surface area contributed by atoms with Crippen LogP contribution >= 0.6 is 0 Å². The molecule has 0 aromatic heterocycles. The molecule has 1 unspecified atom stereocenters. The molecule has 2 rings (SSSR count). The second-order valence-electron chi connectivity index (χ2n) is 4.02. The van der Waals surface area contributed by atoms with Crippen LogP contribution in [0.25, 0.3) is 0 Å². The van der Waals surface area contributed by atoms with E-state index in [0.29, 0.717) is 0 Å². The molecule has 2 N–H and O–H groups in total. The van der Waals surface area contributed by atoms with E-state index in [1.165, 1.54) is 6.07 Å². The summed E-state index contributed by atoms with van der Waals surface area (Å²) in [5, 5.41) is 0. The summed E-state index contributed by atoms with van der Waals surface area (Å²) < 4.78 is 18.8. The predicted octanol–water partition coefficient (Wildman–Crippen LogP) is 2.02. The highest BCUT2D eigenvalue weighted by Crippen LogP contribution is 2.24. The number of nitrogens with two attached hydrogens (primary N) is 1. The van der Waals surface area contributed by atoms with E-state index in [9.17, 15) is 4.39 Å². The zero-order valence-corrected chi connectivity index (χ0v) is 9.45. The van der Waals surface area contributed by atoms with E-state index >= 15 is 0 Å². The first-order valence-electron chi connectivity index (χ1n) is 5.62. The van der Waals surface area contributed by atoms with Gasteiger partial charge in [-0.3, -0.25) is 0 Å². The zero-order valence-electron chi connectivity index (χ0n) is 9.45. The van der Waals surface area contributed by atoms with Crippen molar-refractivity contribution in [3.63, 3.8) is 0 Å². The Balaban J connectivity index is 2.05. The van der Waals surface area contributed by atoms with E-state index in [-0.39, 0.29) is 17.6 Å². The van der Waals surface area contributed by atoms with Crippen molar-refractivity contribution in [3.8, 4) is 0 Å². The van der Waals surface area contributed by atoms with Gasteiger partial charge in [-0.25, -0.2) is 4.39 Å². The molecule has 88 valence electrons. The van der Waals surface area contributed by atoms with E-state index in [4.69, 9.17) is 10.5 Å². The van der Waals surface area contributed by atoms with Crippen LogP contribution in [0.5, 0.6) is 0 Å². The van der Waals surface area contributed by atoms with Crippen molar-refractivity contribution in [2.45, 2.75) is 19.4 Å². The maximum absolute atomic E-state index is 13.3. The molecule has 1 aromatic carbocycles. The summed E-state index contributed by atoms with van der Waals surface area (Å²) in [6.07, 6.45) is 1.27. The minimum absolute atomic E-state index is 0.198. The van der Waals surface area contributed by atoms with Gasteiger partial charge in [0.1, 0.15) is 5.82 Å². The van der Waals surface area contributed by atoms with Crippen LogP contribution in [0, 0.1) is 5.82 Å². The van der Waals surface area contributed by atoms with Crippen LogP contribution in [0.4, 0.5) is 15.8 Å².